The van der Waals surface area contributed by atoms with Gasteiger partial charge in [0.15, 0.2) is 0 Å². The highest BCUT2D eigenvalue weighted by atomic mass is 16.3. The highest BCUT2D eigenvalue weighted by Gasteiger charge is 2.72. The number of hydrogen-bond acceptors (Lipinski definition) is 3. The molecule has 26 heavy (non-hydrogen) atoms. The van der Waals surface area contributed by atoms with E-state index >= 15 is 0 Å². The molecule has 0 aromatic carbocycles. The fraction of sp³-hybridized carbons (Fsp3) is 0.826. The minimum Gasteiger partial charge on any atom is -0.472 e. The van der Waals surface area contributed by atoms with Crippen LogP contribution in [0.25, 0.3) is 0 Å². The first kappa shape index (κ1) is 17.3. The van der Waals surface area contributed by atoms with Crippen molar-refractivity contribution >= 4 is 0 Å². The zero-order valence-corrected chi connectivity index (χ0v) is 16.3. The zero-order chi connectivity index (χ0) is 18.2. The predicted molar refractivity (Wildman–Crippen MR) is 100 cm³/mol. The van der Waals surface area contributed by atoms with Crippen molar-refractivity contribution in [3.8, 4) is 0 Å². The molecule has 5 rings (SSSR count). The molecular weight excluding hydrogens is 324 g/mol. The van der Waals surface area contributed by atoms with Crippen LogP contribution in [0.15, 0.2) is 23.0 Å². The van der Waals surface area contributed by atoms with Gasteiger partial charge in [-0.05, 0) is 80.6 Å². The molecule has 0 bridgehead atoms. The third kappa shape index (κ3) is 1.87. The van der Waals surface area contributed by atoms with E-state index in [0.717, 1.165) is 30.7 Å². The van der Waals surface area contributed by atoms with Crippen LogP contribution in [0.4, 0.5) is 0 Å². The van der Waals surface area contributed by atoms with E-state index in [9.17, 15) is 10.2 Å². The number of rotatable bonds is 1. The highest BCUT2D eigenvalue weighted by molar-refractivity contribution is 5.30. The summed E-state index contributed by atoms with van der Waals surface area (Å²) in [6.45, 7) is 4.68. The monoisotopic (exact) mass is 358 g/mol. The Morgan fingerprint density at radius 3 is 2.54 bits per heavy atom. The second kappa shape index (κ2) is 5.38. The van der Waals surface area contributed by atoms with Crippen molar-refractivity contribution < 1.29 is 14.6 Å². The average molecular weight is 359 g/mol. The average Bonchev–Trinajstić information content (AvgIpc) is 3.23. The molecule has 4 aliphatic carbocycles. The van der Waals surface area contributed by atoms with Crippen LogP contribution in [-0.2, 0) is 5.60 Å². The second-order valence-corrected chi connectivity index (χ2v) is 10.4. The quantitative estimate of drug-likeness (QED) is 0.741. The topological polar surface area (TPSA) is 53.6 Å². The smallest absolute Gasteiger partial charge is 0.101 e. The largest absolute Gasteiger partial charge is 0.472 e. The maximum atomic E-state index is 12.1. The molecule has 0 radical (unpaired) electrons. The number of hydrogen-bond donors (Lipinski definition) is 2. The van der Waals surface area contributed by atoms with E-state index < -0.39 is 16.6 Å². The summed E-state index contributed by atoms with van der Waals surface area (Å²) in [5.74, 6) is 1.80. The van der Waals surface area contributed by atoms with Crippen LogP contribution in [0, 0.1) is 28.6 Å². The fourth-order valence-electron chi connectivity index (χ4n) is 8.24. The van der Waals surface area contributed by atoms with Crippen LogP contribution in [0.1, 0.15) is 83.6 Å². The molecule has 3 heteroatoms. The van der Waals surface area contributed by atoms with E-state index in [1.54, 1.807) is 12.5 Å². The molecule has 2 N–H and O–H groups in total. The van der Waals surface area contributed by atoms with E-state index in [2.05, 4.69) is 13.8 Å². The van der Waals surface area contributed by atoms with E-state index in [1.165, 1.54) is 32.1 Å². The van der Waals surface area contributed by atoms with Gasteiger partial charge in [0.25, 0.3) is 0 Å². The van der Waals surface area contributed by atoms with Crippen LogP contribution in [0.5, 0.6) is 0 Å². The van der Waals surface area contributed by atoms with E-state index in [-0.39, 0.29) is 0 Å². The Labute approximate surface area is 157 Å². The first-order chi connectivity index (χ1) is 12.4. The van der Waals surface area contributed by atoms with Gasteiger partial charge in [0.2, 0.25) is 0 Å². The first-order valence-electron chi connectivity index (χ1n) is 10.8. The Hall–Kier alpha value is -0.800. The van der Waals surface area contributed by atoms with Gasteiger partial charge in [0.05, 0.1) is 18.1 Å². The molecule has 144 valence electrons. The molecule has 1 heterocycles. The van der Waals surface area contributed by atoms with Crippen LogP contribution >= 0.6 is 0 Å². The molecular formula is C23H34O3. The molecule has 2 unspecified atom stereocenters. The van der Waals surface area contributed by atoms with Gasteiger partial charge < -0.3 is 14.6 Å². The highest BCUT2D eigenvalue weighted by Crippen LogP contribution is 2.71. The van der Waals surface area contributed by atoms with Gasteiger partial charge in [-0.15, -0.1) is 0 Å². The fourth-order valence-corrected chi connectivity index (χ4v) is 8.24. The third-order valence-corrected chi connectivity index (χ3v) is 9.91. The molecule has 0 aliphatic heterocycles. The zero-order valence-electron chi connectivity index (χ0n) is 16.3. The summed E-state index contributed by atoms with van der Waals surface area (Å²) in [5.41, 5.74) is -0.957. The summed E-state index contributed by atoms with van der Waals surface area (Å²) in [4.78, 5) is 0. The van der Waals surface area contributed by atoms with Gasteiger partial charge in [-0.25, -0.2) is 0 Å². The SMILES string of the molecule is C[C@]12CCCCC1CC[C@@H]1[C@H]2CC[C@]2(C)C(O)(c3ccoc3)CC[C@@]12O. The molecule has 4 fully saturated rings. The summed E-state index contributed by atoms with van der Waals surface area (Å²) >= 11 is 0. The Morgan fingerprint density at radius 1 is 0.923 bits per heavy atom. The Kier molecular flexibility index (Phi) is 3.58. The second-order valence-electron chi connectivity index (χ2n) is 10.4. The molecule has 0 amide bonds. The standard InChI is InChI=1S/C23H34O3/c1-20-10-4-3-5-16(20)6-7-19-18(20)8-11-21(2)22(24,12-13-23(19,21)25)17-9-14-26-15-17/h9,14-16,18-19,24-25H,3-8,10-13H2,1-2H3/t16?,18-,19-,20+,21-,22?,23-/m1/s1. The lowest BCUT2D eigenvalue weighted by Gasteiger charge is -2.64. The van der Waals surface area contributed by atoms with Crippen molar-refractivity contribution in [1.82, 2.24) is 0 Å². The van der Waals surface area contributed by atoms with Crippen molar-refractivity contribution in [1.29, 1.82) is 0 Å². The number of fused-ring (bicyclic) bond motifs is 5. The van der Waals surface area contributed by atoms with Gasteiger partial charge >= 0.3 is 0 Å². The molecule has 3 nitrogen and oxygen atoms in total. The predicted octanol–water partition coefficient (Wildman–Crippen LogP) is 5.01. The molecule has 4 aliphatic rings. The Bertz CT molecular complexity index is 684. The number of furan rings is 1. The van der Waals surface area contributed by atoms with Crippen molar-refractivity contribution in [2.75, 3.05) is 0 Å². The molecule has 4 saturated carbocycles. The maximum absolute atomic E-state index is 12.1. The van der Waals surface area contributed by atoms with Crippen molar-refractivity contribution in [3.05, 3.63) is 24.2 Å². The van der Waals surface area contributed by atoms with Gasteiger partial charge in [-0.3, -0.25) is 0 Å². The van der Waals surface area contributed by atoms with E-state index in [0.29, 0.717) is 30.1 Å². The van der Waals surface area contributed by atoms with Crippen molar-refractivity contribution in [2.24, 2.45) is 28.6 Å². The van der Waals surface area contributed by atoms with Gasteiger partial charge in [-0.1, -0.05) is 26.7 Å². The number of aliphatic hydroxyl groups is 2. The molecule has 0 spiro atoms. The minimum absolute atomic E-state index is 0.335. The minimum atomic E-state index is -0.968. The molecule has 1 aromatic rings. The van der Waals surface area contributed by atoms with Crippen molar-refractivity contribution in [3.63, 3.8) is 0 Å². The molecule has 1 aromatic heterocycles. The summed E-state index contributed by atoms with van der Waals surface area (Å²) in [7, 11) is 0. The van der Waals surface area contributed by atoms with Crippen LogP contribution < -0.4 is 0 Å². The van der Waals surface area contributed by atoms with Crippen molar-refractivity contribution in [2.45, 2.75) is 89.3 Å². The summed E-state index contributed by atoms with van der Waals surface area (Å²) < 4.78 is 5.30. The summed E-state index contributed by atoms with van der Waals surface area (Å²) in [5, 5.41) is 23.9. The lowest BCUT2D eigenvalue weighted by Crippen LogP contribution is -2.64. The normalized spacial score (nSPS) is 53.6. The Balaban J connectivity index is 1.55. The lowest BCUT2D eigenvalue weighted by atomic mass is 9.43. The third-order valence-electron chi connectivity index (χ3n) is 9.91. The molecule has 7 atom stereocenters. The lowest BCUT2D eigenvalue weighted by molar-refractivity contribution is -0.236. The van der Waals surface area contributed by atoms with Gasteiger partial charge in [0.1, 0.15) is 5.60 Å². The van der Waals surface area contributed by atoms with E-state index in [4.69, 9.17) is 4.42 Å². The molecule has 0 saturated heterocycles. The maximum Gasteiger partial charge on any atom is 0.101 e. The summed E-state index contributed by atoms with van der Waals surface area (Å²) in [6.07, 6.45) is 14.6. The first-order valence-corrected chi connectivity index (χ1v) is 10.8. The Morgan fingerprint density at radius 2 is 1.77 bits per heavy atom. The van der Waals surface area contributed by atoms with Gasteiger partial charge in [-0.2, -0.15) is 0 Å². The summed E-state index contributed by atoms with van der Waals surface area (Å²) in [6, 6.07) is 1.89. The van der Waals surface area contributed by atoms with Crippen LogP contribution in [0.2, 0.25) is 0 Å². The van der Waals surface area contributed by atoms with Gasteiger partial charge in [0, 0.05) is 11.0 Å². The van der Waals surface area contributed by atoms with Crippen LogP contribution in [0.3, 0.4) is 0 Å². The van der Waals surface area contributed by atoms with E-state index in [1.807, 2.05) is 6.07 Å². The van der Waals surface area contributed by atoms with Crippen LogP contribution in [-0.4, -0.2) is 15.8 Å².